The Bertz CT molecular complexity index is 524. The maximum absolute atomic E-state index is 11.6. The van der Waals surface area contributed by atoms with Gasteiger partial charge >= 0.3 is 6.09 Å². The summed E-state index contributed by atoms with van der Waals surface area (Å²) in [5.41, 5.74) is 2.08. The molecule has 0 aliphatic rings. The minimum Gasteiger partial charge on any atom is -0.444 e. The number of carbonyl (C=O) groups is 1. The Hall–Kier alpha value is -2.36. The highest BCUT2D eigenvalue weighted by atomic mass is 16.5. The van der Waals surface area contributed by atoms with Crippen molar-refractivity contribution in [2.75, 3.05) is 5.32 Å². The first-order valence-electron chi connectivity index (χ1n) is 6.20. The van der Waals surface area contributed by atoms with E-state index in [1.807, 2.05) is 36.4 Å². The lowest BCUT2D eigenvalue weighted by molar-refractivity contribution is 0.155. The van der Waals surface area contributed by atoms with Gasteiger partial charge in [-0.15, -0.1) is 0 Å². The Morgan fingerprint density at radius 1 is 1.16 bits per heavy atom. The number of hydrogen-bond donors (Lipinski definition) is 1. The van der Waals surface area contributed by atoms with Crippen LogP contribution in [-0.2, 0) is 17.8 Å². The van der Waals surface area contributed by atoms with Gasteiger partial charge in [-0.25, -0.2) is 9.78 Å². The molecule has 0 bridgehead atoms. The third-order valence-electron chi connectivity index (χ3n) is 2.68. The number of aryl methyl sites for hydroxylation is 1. The molecule has 0 spiro atoms. The van der Waals surface area contributed by atoms with E-state index < -0.39 is 6.09 Å². The number of hydrogen-bond acceptors (Lipinski definition) is 3. The summed E-state index contributed by atoms with van der Waals surface area (Å²) in [6.07, 6.45) is 2.17. The van der Waals surface area contributed by atoms with E-state index in [-0.39, 0.29) is 6.61 Å². The van der Waals surface area contributed by atoms with Crippen molar-refractivity contribution in [3.8, 4) is 0 Å². The van der Waals surface area contributed by atoms with Gasteiger partial charge in [0.1, 0.15) is 12.4 Å². The molecule has 0 aliphatic heterocycles. The van der Waals surface area contributed by atoms with Gasteiger partial charge in [-0.2, -0.15) is 0 Å². The summed E-state index contributed by atoms with van der Waals surface area (Å²) in [6, 6.07) is 13.2. The van der Waals surface area contributed by atoms with Gasteiger partial charge in [0.25, 0.3) is 0 Å². The van der Waals surface area contributed by atoms with Gasteiger partial charge in [0.15, 0.2) is 0 Å². The molecule has 0 atom stereocenters. The van der Waals surface area contributed by atoms with Crippen LogP contribution in [0.2, 0.25) is 0 Å². The fourth-order valence-electron chi connectivity index (χ4n) is 1.57. The second kappa shape index (κ2) is 6.54. The van der Waals surface area contributed by atoms with E-state index in [1.54, 1.807) is 12.3 Å². The van der Waals surface area contributed by atoms with Gasteiger partial charge in [-0.05, 0) is 23.6 Å². The topological polar surface area (TPSA) is 51.2 Å². The number of anilines is 1. The number of nitrogens with one attached hydrogen (secondary N) is 1. The number of rotatable bonds is 4. The molecule has 1 aromatic carbocycles. The summed E-state index contributed by atoms with van der Waals surface area (Å²) >= 11 is 0. The molecule has 0 saturated carbocycles. The normalized spacial score (nSPS) is 9.95. The molecule has 0 unspecified atom stereocenters. The van der Waals surface area contributed by atoms with E-state index in [0.29, 0.717) is 5.82 Å². The number of pyridine rings is 1. The fraction of sp³-hybridized carbons (Fsp3) is 0.200. The molecule has 0 fully saturated rings. The minimum atomic E-state index is -0.499. The van der Waals surface area contributed by atoms with Crippen molar-refractivity contribution in [1.29, 1.82) is 0 Å². The molecule has 4 heteroatoms. The lowest BCUT2D eigenvalue weighted by Gasteiger charge is -2.06. The summed E-state index contributed by atoms with van der Waals surface area (Å²) in [5, 5.41) is 2.59. The van der Waals surface area contributed by atoms with Crippen LogP contribution < -0.4 is 5.32 Å². The Morgan fingerprint density at radius 3 is 2.58 bits per heavy atom. The molecule has 4 nitrogen and oxygen atoms in total. The number of ether oxygens (including phenoxy) is 1. The van der Waals surface area contributed by atoms with Crippen LogP contribution in [0, 0.1) is 0 Å². The lowest BCUT2D eigenvalue weighted by atomic mass is 10.2. The van der Waals surface area contributed by atoms with Crippen molar-refractivity contribution in [1.82, 2.24) is 4.98 Å². The molecule has 0 saturated heterocycles. The smallest absolute Gasteiger partial charge is 0.413 e. The fourth-order valence-corrected chi connectivity index (χ4v) is 1.57. The number of carbonyl (C=O) groups excluding carboxylic acids is 1. The zero-order chi connectivity index (χ0) is 13.5. The molecule has 0 aliphatic carbocycles. The van der Waals surface area contributed by atoms with Gasteiger partial charge in [-0.3, -0.25) is 5.32 Å². The first kappa shape index (κ1) is 13.1. The highest BCUT2D eigenvalue weighted by Gasteiger charge is 2.04. The van der Waals surface area contributed by atoms with Crippen LogP contribution in [0.1, 0.15) is 18.1 Å². The van der Waals surface area contributed by atoms with Gasteiger partial charge in [-0.1, -0.05) is 43.3 Å². The first-order valence-corrected chi connectivity index (χ1v) is 6.20. The van der Waals surface area contributed by atoms with Crippen molar-refractivity contribution in [2.24, 2.45) is 0 Å². The highest BCUT2D eigenvalue weighted by molar-refractivity contribution is 5.83. The molecule has 19 heavy (non-hydrogen) atoms. The average Bonchev–Trinajstić information content (AvgIpc) is 2.47. The van der Waals surface area contributed by atoms with Crippen molar-refractivity contribution < 1.29 is 9.53 Å². The quantitative estimate of drug-likeness (QED) is 0.912. The molecular weight excluding hydrogens is 240 g/mol. The number of amides is 1. The summed E-state index contributed by atoms with van der Waals surface area (Å²) in [6.45, 7) is 2.30. The summed E-state index contributed by atoms with van der Waals surface area (Å²) in [5.74, 6) is 0.496. The maximum atomic E-state index is 11.6. The predicted molar refractivity (Wildman–Crippen MR) is 73.9 cm³/mol. The Kier molecular flexibility index (Phi) is 4.50. The average molecular weight is 256 g/mol. The van der Waals surface area contributed by atoms with E-state index in [4.69, 9.17) is 4.74 Å². The minimum absolute atomic E-state index is 0.250. The molecule has 1 N–H and O–H groups in total. The lowest BCUT2D eigenvalue weighted by Crippen LogP contribution is -2.14. The SMILES string of the molecule is CCc1ccc(NC(=O)OCc2ccccc2)nc1. The largest absolute Gasteiger partial charge is 0.444 e. The Morgan fingerprint density at radius 2 is 1.95 bits per heavy atom. The molecule has 1 aromatic heterocycles. The third kappa shape index (κ3) is 4.10. The molecule has 98 valence electrons. The summed E-state index contributed by atoms with van der Waals surface area (Å²) in [4.78, 5) is 15.7. The second-order valence-corrected chi connectivity index (χ2v) is 4.09. The van der Waals surface area contributed by atoms with Gasteiger partial charge in [0.05, 0.1) is 0 Å². The molecule has 1 amide bonds. The van der Waals surface area contributed by atoms with Gasteiger partial charge in [0, 0.05) is 6.20 Å². The van der Waals surface area contributed by atoms with E-state index in [1.165, 1.54) is 0 Å². The number of benzene rings is 1. The zero-order valence-electron chi connectivity index (χ0n) is 10.8. The predicted octanol–water partition coefficient (Wildman–Crippen LogP) is 3.39. The number of aromatic nitrogens is 1. The van der Waals surface area contributed by atoms with E-state index in [2.05, 4.69) is 17.2 Å². The van der Waals surface area contributed by atoms with Crippen LogP contribution in [0.4, 0.5) is 10.6 Å². The van der Waals surface area contributed by atoms with Crippen LogP contribution >= 0.6 is 0 Å². The summed E-state index contributed by atoms with van der Waals surface area (Å²) in [7, 11) is 0. The Labute approximate surface area is 112 Å². The van der Waals surface area contributed by atoms with Crippen LogP contribution in [0.15, 0.2) is 48.7 Å². The van der Waals surface area contributed by atoms with Gasteiger partial charge in [0.2, 0.25) is 0 Å². The molecule has 0 radical (unpaired) electrons. The molecule has 1 heterocycles. The van der Waals surface area contributed by atoms with E-state index >= 15 is 0 Å². The van der Waals surface area contributed by atoms with Crippen LogP contribution in [0.5, 0.6) is 0 Å². The molecular formula is C15H16N2O2. The van der Waals surface area contributed by atoms with Crippen LogP contribution in [-0.4, -0.2) is 11.1 Å². The van der Waals surface area contributed by atoms with Gasteiger partial charge < -0.3 is 4.74 Å². The summed E-state index contributed by atoms with van der Waals surface area (Å²) < 4.78 is 5.10. The number of nitrogens with zero attached hydrogens (tertiary/aromatic N) is 1. The first-order chi connectivity index (χ1) is 9.28. The van der Waals surface area contributed by atoms with E-state index in [9.17, 15) is 4.79 Å². The monoisotopic (exact) mass is 256 g/mol. The third-order valence-corrected chi connectivity index (χ3v) is 2.68. The highest BCUT2D eigenvalue weighted by Crippen LogP contribution is 2.07. The standard InChI is InChI=1S/C15H16N2O2/c1-2-12-8-9-14(16-10-12)17-15(18)19-11-13-6-4-3-5-7-13/h3-10H,2,11H2,1H3,(H,16,17,18). The van der Waals surface area contributed by atoms with Crippen LogP contribution in [0.25, 0.3) is 0 Å². The van der Waals surface area contributed by atoms with Crippen molar-refractivity contribution in [3.63, 3.8) is 0 Å². The van der Waals surface area contributed by atoms with Crippen molar-refractivity contribution >= 4 is 11.9 Å². The van der Waals surface area contributed by atoms with Crippen molar-refractivity contribution in [3.05, 3.63) is 59.8 Å². The molecule has 2 rings (SSSR count). The molecule has 2 aromatic rings. The van der Waals surface area contributed by atoms with Crippen molar-refractivity contribution in [2.45, 2.75) is 20.0 Å². The second-order valence-electron chi connectivity index (χ2n) is 4.09. The van der Waals surface area contributed by atoms with Crippen LogP contribution in [0.3, 0.4) is 0 Å². The Balaban J connectivity index is 1.83. The maximum Gasteiger partial charge on any atom is 0.413 e. The van der Waals surface area contributed by atoms with E-state index in [0.717, 1.165) is 17.5 Å². The zero-order valence-corrected chi connectivity index (χ0v) is 10.8.